The lowest BCUT2D eigenvalue weighted by Gasteiger charge is -2.14. The molecule has 2 atom stereocenters. The van der Waals surface area contributed by atoms with Crippen molar-refractivity contribution in [2.75, 3.05) is 11.5 Å². The molecule has 0 spiro atoms. The molecule has 2 aromatic heterocycles. The largest absolute Gasteiger partial charge is 0.390 e. The first-order valence-electron chi connectivity index (χ1n) is 7.84. The molecule has 10 heteroatoms. The van der Waals surface area contributed by atoms with Gasteiger partial charge in [-0.25, -0.2) is 8.42 Å². The number of amides is 1. The fourth-order valence-corrected chi connectivity index (χ4v) is 4.36. The molecule has 1 fully saturated rings. The number of aliphatic hydroxyl groups excluding tert-OH is 1. The van der Waals surface area contributed by atoms with E-state index in [4.69, 9.17) is 4.52 Å². The van der Waals surface area contributed by atoms with Crippen LogP contribution >= 0.6 is 0 Å². The number of sulfone groups is 1. The van der Waals surface area contributed by atoms with Crippen LogP contribution in [-0.4, -0.2) is 58.2 Å². The molecule has 3 rings (SSSR count). The summed E-state index contributed by atoms with van der Waals surface area (Å²) < 4.78 is 28.0. The number of nitrogens with zero attached hydrogens (tertiary/aromatic N) is 3. The summed E-state index contributed by atoms with van der Waals surface area (Å²) in [5.41, 5.74) is 0.791. The van der Waals surface area contributed by atoms with E-state index in [0.29, 0.717) is 24.6 Å². The Bertz CT molecular complexity index is 837. The molecule has 0 saturated carbocycles. The third-order valence-corrected chi connectivity index (χ3v) is 5.59. The third kappa shape index (κ3) is 4.60. The maximum absolute atomic E-state index is 11.9. The van der Waals surface area contributed by atoms with Gasteiger partial charge in [-0.1, -0.05) is 5.16 Å². The van der Waals surface area contributed by atoms with Crippen LogP contribution in [-0.2, 0) is 21.1 Å². The van der Waals surface area contributed by atoms with E-state index < -0.39 is 22.0 Å². The normalized spacial score (nSPS) is 22.0. The second-order valence-corrected chi connectivity index (χ2v) is 8.07. The van der Waals surface area contributed by atoms with Crippen molar-refractivity contribution in [3.63, 3.8) is 0 Å². The lowest BCUT2D eigenvalue weighted by Crippen LogP contribution is -2.42. The first-order chi connectivity index (χ1) is 11.9. The van der Waals surface area contributed by atoms with E-state index in [0.717, 1.165) is 5.56 Å². The third-order valence-electron chi connectivity index (χ3n) is 3.87. The molecule has 25 heavy (non-hydrogen) atoms. The van der Waals surface area contributed by atoms with Crippen LogP contribution in [0.5, 0.6) is 0 Å². The maximum Gasteiger partial charge on any atom is 0.226 e. The summed E-state index contributed by atoms with van der Waals surface area (Å²) in [6.07, 6.45) is 3.29. The topological polar surface area (TPSA) is 135 Å². The van der Waals surface area contributed by atoms with E-state index in [1.165, 1.54) is 0 Å². The van der Waals surface area contributed by atoms with Crippen LogP contribution in [0.4, 0.5) is 0 Å². The molecule has 0 aliphatic carbocycles. The maximum atomic E-state index is 11.9. The predicted molar refractivity (Wildman–Crippen MR) is 87.1 cm³/mol. The molecule has 0 bridgehead atoms. The van der Waals surface area contributed by atoms with Crippen molar-refractivity contribution in [2.24, 2.45) is 0 Å². The fourth-order valence-electron chi connectivity index (χ4n) is 2.62. The monoisotopic (exact) mass is 366 g/mol. The number of aliphatic hydroxyl groups is 1. The molecule has 2 N–H and O–H groups in total. The van der Waals surface area contributed by atoms with Gasteiger partial charge in [0, 0.05) is 30.8 Å². The number of hydrogen-bond donors (Lipinski definition) is 2. The second kappa shape index (κ2) is 7.28. The highest BCUT2D eigenvalue weighted by atomic mass is 32.2. The van der Waals surface area contributed by atoms with Crippen LogP contribution < -0.4 is 5.32 Å². The molecule has 3 heterocycles. The highest BCUT2D eigenvalue weighted by Crippen LogP contribution is 2.15. The first-order valence-corrected chi connectivity index (χ1v) is 9.66. The summed E-state index contributed by atoms with van der Waals surface area (Å²) in [5, 5.41) is 16.1. The minimum Gasteiger partial charge on any atom is -0.390 e. The number of carbonyl (C=O) groups is 1. The van der Waals surface area contributed by atoms with Crippen LogP contribution in [0.2, 0.25) is 0 Å². The van der Waals surface area contributed by atoms with E-state index >= 15 is 0 Å². The number of carbonyl (C=O) groups excluding carboxylic acids is 1. The van der Waals surface area contributed by atoms with Crippen molar-refractivity contribution in [1.82, 2.24) is 20.4 Å². The minimum absolute atomic E-state index is 0.177. The van der Waals surface area contributed by atoms with Gasteiger partial charge in [0.1, 0.15) is 0 Å². The van der Waals surface area contributed by atoms with Crippen molar-refractivity contribution in [1.29, 1.82) is 0 Å². The Balaban J connectivity index is 1.45. The van der Waals surface area contributed by atoms with Crippen molar-refractivity contribution >= 4 is 15.7 Å². The van der Waals surface area contributed by atoms with Gasteiger partial charge in [-0.3, -0.25) is 9.78 Å². The quantitative estimate of drug-likeness (QED) is 0.713. The SMILES string of the molecule is O=C(CCCc1nc(-c2ccncc2)no1)N[C@@H]1CS(=O)(=O)C[C@H]1O. The Hall–Kier alpha value is -2.33. The molecule has 1 aliphatic heterocycles. The number of aromatic nitrogens is 3. The van der Waals surface area contributed by atoms with Crippen LogP contribution in [0.3, 0.4) is 0 Å². The standard InChI is InChI=1S/C15H18N4O5S/c20-12-9-25(22,23)8-11(12)17-13(21)2-1-3-14-18-15(19-24-14)10-4-6-16-7-5-10/h4-7,11-12,20H,1-3,8-9H2,(H,17,21)/t11-,12-/m1/s1. The smallest absolute Gasteiger partial charge is 0.226 e. The van der Waals surface area contributed by atoms with Crippen LogP contribution in [0.15, 0.2) is 29.0 Å². The van der Waals surface area contributed by atoms with Gasteiger partial charge in [0.05, 0.1) is 23.7 Å². The van der Waals surface area contributed by atoms with Crippen LogP contribution in [0.25, 0.3) is 11.4 Å². The molecule has 0 unspecified atom stereocenters. The van der Waals surface area contributed by atoms with Crippen molar-refractivity contribution in [2.45, 2.75) is 31.4 Å². The van der Waals surface area contributed by atoms with Gasteiger partial charge in [-0.2, -0.15) is 4.98 Å². The lowest BCUT2D eigenvalue weighted by atomic mass is 10.2. The predicted octanol–water partition coefficient (Wildman–Crippen LogP) is -0.272. The number of nitrogens with one attached hydrogen (secondary N) is 1. The Labute approximate surface area is 144 Å². The molecular weight excluding hydrogens is 348 g/mol. The Morgan fingerprint density at radius 3 is 2.76 bits per heavy atom. The van der Waals surface area contributed by atoms with Crippen LogP contribution in [0, 0.1) is 0 Å². The summed E-state index contributed by atoms with van der Waals surface area (Å²) >= 11 is 0. The summed E-state index contributed by atoms with van der Waals surface area (Å²) in [7, 11) is -3.28. The number of pyridine rings is 1. The highest BCUT2D eigenvalue weighted by molar-refractivity contribution is 7.91. The van der Waals surface area contributed by atoms with Gasteiger partial charge >= 0.3 is 0 Å². The summed E-state index contributed by atoms with van der Waals surface area (Å²) in [5.74, 6) is 0.0376. The molecule has 1 aliphatic rings. The molecule has 134 valence electrons. The van der Waals surface area contributed by atoms with Crippen molar-refractivity contribution < 1.29 is 22.8 Å². The van der Waals surface area contributed by atoms with Gasteiger partial charge in [0.25, 0.3) is 0 Å². The van der Waals surface area contributed by atoms with Gasteiger partial charge in [-0.15, -0.1) is 0 Å². The van der Waals surface area contributed by atoms with Gasteiger partial charge < -0.3 is 14.9 Å². The zero-order valence-electron chi connectivity index (χ0n) is 13.3. The number of rotatable bonds is 6. The Morgan fingerprint density at radius 2 is 2.08 bits per heavy atom. The highest BCUT2D eigenvalue weighted by Gasteiger charge is 2.37. The zero-order chi connectivity index (χ0) is 17.9. The summed E-state index contributed by atoms with van der Waals surface area (Å²) in [6, 6.07) is 2.80. The van der Waals surface area contributed by atoms with E-state index in [2.05, 4.69) is 20.4 Å². The molecular formula is C15H18N4O5S. The van der Waals surface area contributed by atoms with Gasteiger partial charge in [0.2, 0.25) is 17.6 Å². The number of aryl methyl sites for hydroxylation is 1. The molecule has 0 aromatic carbocycles. The van der Waals surface area contributed by atoms with E-state index in [9.17, 15) is 18.3 Å². The molecule has 0 radical (unpaired) electrons. The number of hydrogen-bond acceptors (Lipinski definition) is 8. The lowest BCUT2D eigenvalue weighted by molar-refractivity contribution is -0.122. The molecule has 9 nitrogen and oxygen atoms in total. The summed E-state index contributed by atoms with van der Waals surface area (Å²) in [6.45, 7) is 0. The Kier molecular flexibility index (Phi) is 5.09. The Morgan fingerprint density at radius 1 is 1.32 bits per heavy atom. The van der Waals surface area contributed by atoms with E-state index in [1.807, 2.05) is 0 Å². The fraction of sp³-hybridized carbons (Fsp3) is 0.467. The van der Waals surface area contributed by atoms with Crippen molar-refractivity contribution in [3.8, 4) is 11.4 Å². The molecule has 1 saturated heterocycles. The van der Waals surface area contributed by atoms with E-state index in [-0.39, 0.29) is 23.8 Å². The van der Waals surface area contributed by atoms with Crippen LogP contribution in [0.1, 0.15) is 18.7 Å². The van der Waals surface area contributed by atoms with E-state index in [1.54, 1.807) is 24.5 Å². The van der Waals surface area contributed by atoms with Gasteiger partial charge in [0.15, 0.2) is 9.84 Å². The zero-order valence-corrected chi connectivity index (χ0v) is 14.1. The second-order valence-electron chi connectivity index (χ2n) is 5.92. The molecule has 2 aromatic rings. The average Bonchev–Trinajstić information content (AvgIpc) is 3.12. The summed E-state index contributed by atoms with van der Waals surface area (Å²) in [4.78, 5) is 20.1. The molecule has 1 amide bonds. The van der Waals surface area contributed by atoms with Gasteiger partial charge in [-0.05, 0) is 18.6 Å². The van der Waals surface area contributed by atoms with Crippen molar-refractivity contribution in [3.05, 3.63) is 30.4 Å². The minimum atomic E-state index is -3.28. The first kappa shape index (κ1) is 17.5. The average molecular weight is 366 g/mol.